The zero-order valence-electron chi connectivity index (χ0n) is 12.5. The Balaban J connectivity index is 1.92. The van der Waals surface area contributed by atoms with E-state index in [1.165, 1.54) is 10.7 Å². The number of hydrogen-bond donors (Lipinski definition) is 1. The van der Waals surface area contributed by atoms with Crippen LogP contribution in [0.15, 0.2) is 35.1 Å². The van der Waals surface area contributed by atoms with E-state index in [4.69, 9.17) is 15.2 Å². The van der Waals surface area contributed by atoms with Crippen LogP contribution in [-0.4, -0.2) is 28.9 Å². The largest absolute Gasteiger partial charge is 0.490 e. The highest BCUT2D eigenvalue weighted by molar-refractivity contribution is 5.73. The third-order valence-electron chi connectivity index (χ3n) is 3.48. The molecule has 0 saturated heterocycles. The molecule has 2 N–H and O–H groups in total. The van der Waals surface area contributed by atoms with Crippen LogP contribution in [0.2, 0.25) is 0 Å². The first-order chi connectivity index (χ1) is 11.1. The molecule has 23 heavy (non-hydrogen) atoms. The van der Waals surface area contributed by atoms with Crippen LogP contribution >= 0.6 is 0 Å². The minimum atomic E-state index is -0.473. The van der Waals surface area contributed by atoms with Gasteiger partial charge in [0.25, 0.3) is 5.56 Å². The summed E-state index contributed by atoms with van der Waals surface area (Å²) >= 11 is 0. The monoisotopic (exact) mass is 315 g/mol. The van der Waals surface area contributed by atoms with E-state index in [0.717, 1.165) is 12.0 Å². The maximum absolute atomic E-state index is 11.8. The number of aromatic nitrogens is 2. The van der Waals surface area contributed by atoms with Crippen LogP contribution in [0, 0.1) is 0 Å². The summed E-state index contributed by atoms with van der Waals surface area (Å²) in [5.74, 6) is 0.893. The average Bonchev–Trinajstić information content (AvgIpc) is 2.78. The molecule has 120 valence electrons. The molecule has 2 aromatic rings. The Morgan fingerprint density at radius 3 is 2.74 bits per heavy atom. The molecule has 2 heterocycles. The number of amides is 1. The second-order valence-corrected chi connectivity index (χ2v) is 5.21. The molecule has 0 aliphatic carbocycles. The van der Waals surface area contributed by atoms with Crippen molar-refractivity contribution in [1.82, 2.24) is 9.78 Å². The number of aryl methyl sites for hydroxylation is 1. The van der Waals surface area contributed by atoms with Crippen LogP contribution in [0.5, 0.6) is 11.5 Å². The third kappa shape index (κ3) is 3.50. The fraction of sp³-hybridized carbons (Fsp3) is 0.312. The first kappa shape index (κ1) is 15.1. The Hall–Kier alpha value is -2.83. The molecule has 0 fully saturated rings. The fourth-order valence-corrected chi connectivity index (χ4v) is 2.30. The summed E-state index contributed by atoms with van der Waals surface area (Å²) in [7, 11) is 0. The molecule has 7 heteroatoms. The van der Waals surface area contributed by atoms with Crippen molar-refractivity contribution in [1.29, 1.82) is 0 Å². The molecule has 0 radical (unpaired) electrons. The number of nitrogens with two attached hydrogens (primary N) is 1. The summed E-state index contributed by atoms with van der Waals surface area (Å²) in [6.45, 7) is 1.39. The predicted octanol–water partition coefficient (Wildman–Crippen LogP) is 0.947. The van der Waals surface area contributed by atoms with Crippen molar-refractivity contribution in [2.45, 2.75) is 19.4 Å². The zero-order chi connectivity index (χ0) is 16.2. The predicted molar refractivity (Wildman–Crippen MR) is 83.4 cm³/mol. The van der Waals surface area contributed by atoms with Gasteiger partial charge in [0.2, 0.25) is 5.91 Å². The van der Waals surface area contributed by atoms with Gasteiger partial charge in [0.15, 0.2) is 11.5 Å². The topological polar surface area (TPSA) is 96.4 Å². The molecule has 1 aromatic carbocycles. The van der Waals surface area contributed by atoms with Crippen molar-refractivity contribution in [3.63, 3.8) is 0 Å². The molecule has 0 atom stereocenters. The van der Waals surface area contributed by atoms with Crippen molar-refractivity contribution >= 4 is 5.91 Å². The van der Waals surface area contributed by atoms with E-state index in [0.29, 0.717) is 30.4 Å². The molecule has 3 rings (SSSR count). The summed E-state index contributed by atoms with van der Waals surface area (Å²) in [6, 6.07) is 8.59. The quantitative estimate of drug-likeness (QED) is 0.906. The van der Waals surface area contributed by atoms with Crippen molar-refractivity contribution in [2.75, 3.05) is 13.2 Å². The van der Waals surface area contributed by atoms with Gasteiger partial charge >= 0.3 is 0 Å². The number of benzene rings is 1. The zero-order valence-corrected chi connectivity index (χ0v) is 12.5. The molecule has 0 bridgehead atoms. The normalized spacial score (nSPS) is 13.4. The van der Waals surface area contributed by atoms with Gasteiger partial charge in [0.1, 0.15) is 0 Å². The molecule has 1 aliphatic heterocycles. The second kappa shape index (κ2) is 6.51. The molecule has 7 nitrogen and oxygen atoms in total. The highest BCUT2D eigenvalue weighted by Crippen LogP contribution is 2.33. The van der Waals surface area contributed by atoms with Crippen LogP contribution in [0.4, 0.5) is 0 Å². The number of rotatable bonds is 4. The van der Waals surface area contributed by atoms with Crippen molar-refractivity contribution in [2.24, 2.45) is 5.73 Å². The smallest absolute Gasteiger partial charge is 0.266 e. The average molecular weight is 315 g/mol. The molecular formula is C16H17N3O4. The lowest BCUT2D eigenvalue weighted by Crippen LogP contribution is -2.25. The lowest BCUT2D eigenvalue weighted by atomic mass is 10.1. The lowest BCUT2D eigenvalue weighted by molar-refractivity contribution is -0.118. The SMILES string of the molecule is NC(=O)CCn1nc(-c2ccc3c(c2)OCCCO3)ccc1=O. The second-order valence-electron chi connectivity index (χ2n) is 5.21. The summed E-state index contributed by atoms with van der Waals surface area (Å²) in [4.78, 5) is 22.7. The Morgan fingerprint density at radius 2 is 1.96 bits per heavy atom. The van der Waals surface area contributed by atoms with Gasteiger partial charge in [-0.25, -0.2) is 4.68 Å². The number of nitrogens with zero attached hydrogens (tertiary/aromatic N) is 2. The molecule has 1 aliphatic rings. The fourth-order valence-electron chi connectivity index (χ4n) is 2.30. The Kier molecular flexibility index (Phi) is 4.27. The summed E-state index contributed by atoms with van der Waals surface area (Å²) in [6.07, 6.45) is 0.901. The lowest BCUT2D eigenvalue weighted by Gasteiger charge is -2.10. The van der Waals surface area contributed by atoms with Gasteiger partial charge in [0, 0.05) is 24.5 Å². The van der Waals surface area contributed by atoms with Gasteiger partial charge in [-0.2, -0.15) is 5.10 Å². The Labute approximate surface area is 132 Å². The maximum atomic E-state index is 11.8. The Bertz CT molecular complexity index is 785. The van der Waals surface area contributed by atoms with Crippen molar-refractivity contribution in [3.05, 3.63) is 40.7 Å². The minimum absolute atomic E-state index is 0.0670. The van der Waals surface area contributed by atoms with Crippen LogP contribution < -0.4 is 20.8 Å². The third-order valence-corrected chi connectivity index (χ3v) is 3.48. The number of fused-ring (bicyclic) bond motifs is 1. The van der Waals surface area contributed by atoms with Crippen LogP contribution in [0.1, 0.15) is 12.8 Å². The van der Waals surface area contributed by atoms with E-state index in [1.807, 2.05) is 18.2 Å². The molecule has 0 spiro atoms. The molecule has 1 aromatic heterocycles. The Morgan fingerprint density at radius 1 is 1.17 bits per heavy atom. The number of carbonyl (C=O) groups excluding carboxylic acids is 1. The van der Waals surface area contributed by atoms with Crippen molar-refractivity contribution < 1.29 is 14.3 Å². The number of carbonyl (C=O) groups is 1. The standard InChI is InChI=1S/C16H17N3O4/c17-15(20)6-7-19-16(21)5-3-12(18-19)11-2-4-13-14(10-11)23-9-1-8-22-13/h2-5,10H,1,6-9H2,(H2,17,20). The summed E-state index contributed by atoms with van der Waals surface area (Å²) < 4.78 is 12.5. The molecule has 0 saturated carbocycles. The van der Waals surface area contributed by atoms with Gasteiger partial charge in [-0.15, -0.1) is 0 Å². The van der Waals surface area contributed by atoms with Gasteiger partial charge in [-0.3, -0.25) is 9.59 Å². The number of ether oxygens (including phenoxy) is 2. The summed E-state index contributed by atoms with van der Waals surface area (Å²) in [5.41, 5.74) is 6.27. The van der Waals surface area contributed by atoms with E-state index >= 15 is 0 Å². The van der Waals surface area contributed by atoms with Crippen LogP contribution in [0.3, 0.4) is 0 Å². The van der Waals surface area contributed by atoms with Crippen LogP contribution in [0.25, 0.3) is 11.3 Å². The first-order valence-electron chi connectivity index (χ1n) is 7.40. The van der Waals surface area contributed by atoms with Gasteiger partial charge in [-0.1, -0.05) is 0 Å². The van der Waals surface area contributed by atoms with Gasteiger partial charge in [0.05, 0.1) is 25.5 Å². The molecular weight excluding hydrogens is 298 g/mol. The maximum Gasteiger partial charge on any atom is 0.266 e. The van der Waals surface area contributed by atoms with Crippen LogP contribution in [-0.2, 0) is 11.3 Å². The molecule has 1 amide bonds. The van der Waals surface area contributed by atoms with Crippen molar-refractivity contribution in [3.8, 4) is 22.8 Å². The highest BCUT2D eigenvalue weighted by Gasteiger charge is 2.12. The van der Waals surface area contributed by atoms with Gasteiger partial charge in [-0.05, 0) is 24.3 Å². The van der Waals surface area contributed by atoms with E-state index in [1.54, 1.807) is 6.07 Å². The summed E-state index contributed by atoms with van der Waals surface area (Å²) in [5, 5.41) is 4.29. The van der Waals surface area contributed by atoms with E-state index in [2.05, 4.69) is 5.10 Å². The highest BCUT2D eigenvalue weighted by atomic mass is 16.5. The first-order valence-corrected chi connectivity index (χ1v) is 7.40. The van der Waals surface area contributed by atoms with E-state index < -0.39 is 5.91 Å². The number of hydrogen-bond acceptors (Lipinski definition) is 5. The number of primary amides is 1. The van der Waals surface area contributed by atoms with E-state index in [9.17, 15) is 9.59 Å². The molecule has 0 unspecified atom stereocenters. The minimum Gasteiger partial charge on any atom is -0.490 e. The van der Waals surface area contributed by atoms with E-state index in [-0.39, 0.29) is 18.5 Å². The van der Waals surface area contributed by atoms with Gasteiger partial charge < -0.3 is 15.2 Å².